The van der Waals surface area contributed by atoms with Gasteiger partial charge in [0.2, 0.25) is 0 Å². The van der Waals surface area contributed by atoms with Crippen LogP contribution in [0.2, 0.25) is 0 Å². The number of nitrogens with one attached hydrogen (secondary N) is 1. The van der Waals surface area contributed by atoms with Crippen LogP contribution >= 0.6 is 0 Å². The van der Waals surface area contributed by atoms with Gasteiger partial charge < -0.3 is 4.90 Å². The molecule has 0 unspecified atom stereocenters. The number of alkyl halides is 6. The zero-order valence-corrected chi connectivity index (χ0v) is 13.9. The van der Waals surface area contributed by atoms with Gasteiger partial charge in [-0.2, -0.15) is 26.3 Å². The summed E-state index contributed by atoms with van der Waals surface area (Å²) in [6, 6.07) is 0. The molecule has 7 nitrogen and oxygen atoms in total. The molecule has 144 valence electrons. The molecule has 0 bridgehead atoms. The van der Waals surface area contributed by atoms with Gasteiger partial charge in [-0.1, -0.05) is 17.5 Å². The molecule has 0 aromatic rings. The van der Waals surface area contributed by atoms with E-state index in [1.165, 1.54) is 19.4 Å². The van der Waals surface area contributed by atoms with E-state index in [-0.39, 0.29) is 0 Å². The van der Waals surface area contributed by atoms with Gasteiger partial charge in [-0.3, -0.25) is 4.99 Å². The van der Waals surface area contributed by atoms with E-state index in [1.807, 2.05) is 6.34 Å². The van der Waals surface area contributed by atoms with Crippen molar-refractivity contribution in [2.45, 2.75) is 30.8 Å². The average molecular weight is 407 g/mol. The Balaban J connectivity index is 0.000000496. The number of hydrogen-bond donors (Lipinski definition) is 1. The van der Waals surface area contributed by atoms with E-state index in [4.69, 9.17) is 0 Å². The van der Waals surface area contributed by atoms with Crippen LogP contribution in [0.25, 0.3) is 0 Å². The summed E-state index contributed by atoms with van der Waals surface area (Å²) in [7, 11) is -13.2. The summed E-state index contributed by atoms with van der Waals surface area (Å²) in [5.41, 5.74) is -12.3. The van der Waals surface area contributed by atoms with Crippen LogP contribution in [-0.2, 0) is 20.0 Å². The quantitative estimate of drug-likeness (QED) is 0.696. The van der Waals surface area contributed by atoms with Gasteiger partial charge in [0.25, 0.3) is 0 Å². The van der Waals surface area contributed by atoms with Crippen molar-refractivity contribution in [1.82, 2.24) is 9.03 Å². The van der Waals surface area contributed by atoms with Crippen LogP contribution in [0.5, 0.6) is 0 Å². The molecule has 1 aliphatic heterocycles. The fourth-order valence-electron chi connectivity index (χ4n) is 1.19. The van der Waals surface area contributed by atoms with E-state index in [9.17, 15) is 43.2 Å². The van der Waals surface area contributed by atoms with Gasteiger partial charge in [-0.05, 0) is 6.42 Å². The van der Waals surface area contributed by atoms with Gasteiger partial charge in [0.05, 0.1) is 12.9 Å². The molecule has 0 aliphatic carbocycles. The van der Waals surface area contributed by atoms with E-state index in [1.54, 1.807) is 0 Å². The van der Waals surface area contributed by atoms with Crippen LogP contribution in [-0.4, -0.2) is 58.7 Å². The highest BCUT2D eigenvalue weighted by molar-refractivity contribution is 8.05. The van der Waals surface area contributed by atoms with Crippen LogP contribution in [0, 0.1) is 0 Å². The molecule has 24 heavy (non-hydrogen) atoms. The summed E-state index contributed by atoms with van der Waals surface area (Å²) in [6.45, 7) is 5.55. The van der Waals surface area contributed by atoms with Crippen LogP contribution in [0.15, 0.2) is 4.99 Å². The molecule has 0 aromatic heterocycles. The second-order valence-corrected chi connectivity index (χ2v) is 8.00. The maximum Gasteiger partial charge on any atom is 0.512 e. The van der Waals surface area contributed by atoms with Crippen LogP contribution < -0.4 is 4.13 Å². The Morgan fingerprint density at radius 2 is 1.50 bits per heavy atom. The molecule has 0 atom stereocenters. The smallest absolute Gasteiger partial charge is 0.361 e. The molecule has 0 spiro atoms. The highest BCUT2D eigenvalue weighted by Gasteiger charge is 2.55. The second-order valence-electron chi connectivity index (χ2n) is 4.39. The Labute approximate surface area is 134 Å². The molecule has 1 aliphatic rings. The molecular formula is C9H15F6N3O4S2. The molecule has 15 heteroatoms. The Bertz CT molecular complexity index is 585. The van der Waals surface area contributed by atoms with Crippen molar-refractivity contribution in [2.24, 2.45) is 4.99 Å². The van der Waals surface area contributed by atoms with Gasteiger partial charge in [-0.25, -0.2) is 16.8 Å². The van der Waals surface area contributed by atoms with E-state index in [2.05, 4.69) is 16.8 Å². The van der Waals surface area contributed by atoms with E-state index < -0.39 is 35.2 Å². The van der Waals surface area contributed by atoms with Crippen molar-refractivity contribution >= 4 is 26.4 Å². The Hall–Kier alpha value is -1.09. The molecule has 0 aromatic carbocycles. The number of aliphatic imine (C=N–C) groups is 1. The lowest BCUT2D eigenvalue weighted by molar-refractivity contribution is -0.0476. The van der Waals surface area contributed by atoms with E-state index in [0.29, 0.717) is 0 Å². The summed E-state index contributed by atoms with van der Waals surface area (Å²) < 4.78 is 108. The first-order valence-corrected chi connectivity index (χ1v) is 9.26. The minimum absolute atomic E-state index is 0.493. The first kappa shape index (κ1) is 22.9. The summed E-state index contributed by atoms with van der Waals surface area (Å²) in [5, 5.41) is 0. The zero-order chi connectivity index (χ0) is 19.2. The largest absolute Gasteiger partial charge is 0.512 e. The fourth-order valence-corrected chi connectivity index (χ4v) is 3.10. The fraction of sp³-hybridized carbons (Fsp3) is 0.889. The molecule has 0 saturated carbocycles. The zero-order valence-electron chi connectivity index (χ0n) is 12.2. The van der Waals surface area contributed by atoms with Crippen molar-refractivity contribution in [3.05, 3.63) is 0 Å². The van der Waals surface area contributed by atoms with Gasteiger partial charge in [0.1, 0.15) is 0 Å². The molecule has 0 amide bonds. The maximum absolute atomic E-state index is 11.5. The molecular weight excluding hydrogens is 392 g/mol. The molecule has 0 radical (unpaired) electrons. The predicted octanol–water partition coefficient (Wildman–Crippen LogP) is 1.41. The van der Waals surface area contributed by atoms with Crippen LogP contribution in [0.3, 0.4) is 0 Å². The average Bonchev–Trinajstić information content (AvgIpc) is 2.86. The van der Waals surface area contributed by atoms with Crippen molar-refractivity contribution in [2.75, 3.05) is 19.6 Å². The van der Waals surface area contributed by atoms with Crippen molar-refractivity contribution < 1.29 is 43.2 Å². The molecule has 1 rings (SSSR count). The monoisotopic (exact) mass is 407 g/mol. The Kier molecular flexibility index (Phi) is 7.95. The number of halogens is 6. The van der Waals surface area contributed by atoms with Gasteiger partial charge in [0.15, 0.2) is 0 Å². The lowest BCUT2D eigenvalue weighted by Crippen LogP contribution is -2.45. The summed E-state index contributed by atoms with van der Waals surface area (Å²) in [6.07, 6.45) is 4.55. The van der Waals surface area contributed by atoms with Crippen LogP contribution in [0.4, 0.5) is 26.3 Å². The number of nitrogens with zero attached hydrogens (tertiary/aromatic N) is 2. The molecule has 0 fully saturated rings. The van der Waals surface area contributed by atoms with Gasteiger partial charge >= 0.3 is 31.1 Å². The summed E-state index contributed by atoms with van der Waals surface area (Å²) in [4.78, 5) is 6.40. The van der Waals surface area contributed by atoms with Crippen LogP contribution in [0.1, 0.15) is 19.8 Å². The Morgan fingerprint density at radius 1 is 1.04 bits per heavy atom. The molecule has 0 saturated heterocycles. The Morgan fingerprint density at radius 3 is 1.79 bits per heavy atom. The minimum atomic E-state index is -6.60. The van der Waals surface area contributed by atoms with Crippen molar-refractivity contribution in [1.29, 1.82) is 0 Å². The van der Waals surface area contributed by atoms with Crippen molar-refractivity contribution in [3.63, 3.8) is 0 Å². The third-order valence-corrected chi connectivity index (χ3v) is 5.36. The topological polar surface area (TPSA) is 95.9 Å². The minimum Gasteiger partial charge on any atom is -0.361 e. The van der Waals surface area contributed by atoms with Gasteiger partial charge in [-0.15, -0.1) is 0 Å². The highest BCUT2D eigenvalue weighted by atomic mass is 32.3. The lowest BCUT2D eigenvalue weighted by Gasteiger charge is -2.11. The number of unbranched alkanes of at least 4 members (excludes halogenated alkanes) is 1. The number of hydrogen-bond acceptors (Lipinski definition) is 6. The van der Waals surface area contributed by atoms with E-state index >= 15 is 0 Å². The third-order valence-electron chi connectivity index (χ3n) is 2.39. The lowest BCUT2D eigenvalue weighted by atomic mass is 10.3. The normalized spacial score (nSPS) is 16.0. The van der Waals surface area contributed by atoms with Gasteiger partial charge in [0, 0.05) is 13.1 Å². The number of sulfonamides is 2. The predicted molar refractivity (Wildman–Crippen MR) is 72.9 cm³/mol. The SMILES string of the molecule is CCCCN1C=NCC1.O=S(=O)(NS(=O)(=O)C(F)(F)F)C(F)(F)F. The van der Waals surface area contributed by atoms with Crippen molar-refractivity contribution in [3.8, 4) is 0 Å². The first-order valence-electron chi connectivity index (χ1n) is 6.29. The summed E-state index contributed by atoms with van der Waals surface area (Å²) >= 11 is 0. The third kappa shape index (κ3) is 7.21. The molecule has 1 heterocycles. The summed E-state index contributed by atoms with van der Waals surface area (Å²) in [5.74, 6) is 0. The standard InChI is InChI=1S/C7H14N2.C2HF6NO4S2/c1-2-3-5-9-6-4-8-7-9;3-1(4,5)14(10,11)9-15(12,13)2(6,7)8/h7H,2-6H2,1H3;9H. The van der Waals surface area contributed by atoms with E-state index in [0.717, 1.165) is 13.1 Å². The maximum atomic E-state index is 11.5. The molecule has 1 N–H and O–H groups in total. The highest BCUT2D eigenvalue weighted by Crippen LogP contribution is 2.27. The second kappa shape index (κ2) is 8.33. The number of rotatable bonds is 5. The first-order chi connectivity index (χ1) is 10.6.